The minimum Gasteiger partial charge on any atom is -0.467 e. The van der Waals surface area contributed by atoms with E-state index >= 15 is 0 Å². The second-order valence-corrected chi connectivity index (χ2v) is 3.97. The van der Waals surface area contributed by atoms with Crippen molar-refractivity contribution in [3.05, 3.63) is 59.3 Å². The fourth-order valence-electron chi connectivity index (χ4n) is 1.87. The van der Waals surface area contributed by atoms with Gasteiger partial charge in [-0.05, 0) is 36.9 Å². The van der Waals surface area contributed by atoms with Crippen LogP contribution in [-0.4, -0.2) is 7.05 Å². The summed E-state index contributed by atoms with van der Waals surface area (Å²) in [6, 6.07) is 5.61. The van der Waals surface area contributed by atoms with E-state index in [0.29, 0.717) is 5.76 Å². The van der Waals surface area contributed by atoms with Crippen molar-refractivity contribution in [1.29, 1.82) is 0 Å². The van der Waals surface area contributed by atoms with Crippen LogP contribution >= 0.6 is 0 Å². The minimum atomic E-state index is -4.72. The summed E-state index contributed by atoms with van der Waals surface area (Å²) in [5.74, 6) is -0.826. The van der Waals surface area contributed by atoms with Gasteiger partial charge >= 0.3 is 6.18 Å². The van der Waals surface area contributed by atoms with Gasteiger partial charge in [0.1, 0.15) is 11.6 Å². The molecule has 0 fully saturated rings. The molecule has 0 amide bonds. The van der Waals surface area contributed by atoms with Gasteiger partial charge in [-0.15, -0.1) is 0 Å². The maximum atomic E-state index is 13.2. The van der Waals surface area contributed by atoms with E-state index in [9.17, 15) is 17.6 Å². The Morgan fingerprint density at radius 2 is 1.95 bits per heavy atom. The van der Waals surface area contributed by atoms with Gasteiger partial charge in [0.15, 0.2) is 0 Å². The molecule has 1 unspecified atom stereocenters. The lowest BCUT2D eigenvalue weighted by molar-refractivity contribution is -0.140. The molecule has 0 saturated carbocycles. The van der Waals surface area contributed by atoms with Gasteiger partial charge in [-0.2, -0.15) is 13.2 Å². The molecule has 2 aromatic rings. The maximum Gasteiger partial charge on any atom is 0.419 e. The highest BCUT2D eigenvalue weighted by molar-refractivity contribution is 5.33. The predicted octanol–water partition coefficient (Wildman–Crippen LogP) is 3.75. The van der Waals surface area contributed by atoms with Crippen LogP contribution in [0.15, 0.2) is 41.0 Å². The fourth-order valence-corrected chi connectivity index (χ4v) is 1.87. The van der Waals surface area contributed by atoms with E-state index < -0.39 is 23.6 Å². The van der Waals surface area contributed by atoms with Crippen LogP contribution < -0.4 is 5.32 Å². The number of rotatable bonds is 3. The molecular formula is C13H11F4NO. The summed E-state index contributed by atoms with van der Waals surface area (Å²) in [6.07, 6.45) is -3.30. The van der Waals surface area contributed by atoms with Gasteiger partial charge in [-0.1, -0.05) is 6.07 Å². The lowest BCUT2D eigenvalue weighted by Crippen LogP contribution is -2.18. The first-order valence-electron chi connectivity index (χ1n) is 5.51. The Morgan fingerprint density at radius 3 is 2.47 bits per heavy atom. The molecule has 0 radical (unpaired) electrons. The van der Waals surface area contributed by atoms with Crippen molar-refractivity contribution >= 4 is 0 Å². The van der Waals surface area contributed by atoms with Gasteiger partial charge in [0, 0.05) is 0 Å². The average molecular weight is 273 g/mol. The van der Waals surface area contributed by atoms with Gasteiger partial charge in [-0.25, -0.2) is 4.39 Å². The Morgan fingerprint density at radius 1 is 1.21 bits per heavy atom. The Kier molecular flexibility index (Phi) is 3.61. The quantitative estimate of drug-likeness (QED) is 0.862. The van der Waals surface area contributed by atoms with Gasteiger partial charge < -0.3 is 9.73 Å². The summed E-state index contributed by atoms with van der Waals surface area (Å²) < 4.78 is 56.3. The van der Waals surface area contributed by atoms with E-state index in [4.69, 9.17) is 4.42 Å². The molecule has 1 aromatic carbocycles. The highest BCUT2D eigenvalue weighted by atomic mass is 19.4. The van der Waals surface area contributed by atoms with E-state index in [1.165, 1.54) is 12.3 Å². The third-order valence-corrected chi connectivity index (χ3v) is 2.75. The molecule has 0 spiro atoms. The summed E-state index contributed by atoms with van der Waals surface area (Å²) in [5.41, 5.74) is -0.997. The normalized spacial score (nSPS) is 13.5. The first-order chi connectivity index (χ1) is 8.93. The van der Waals surface area contributed by atoms with E-state index in [1.54, 1.807) is 19.2 Å². The molecule has 1 N–H and O–H groups in total. The predicted molar refractivity (Wildman–Crippen MR) is 61.0 cm³/mol. The average Bonchev–Trinajstić information content (AvgIpc) is 2.84. The Bertz CT molecular complexity index is 548. The smallest absolute Gasteiger partial charge is 0.419 e. The van der Waals surface area contributed by atoms with Crippen LogP contribution in [0.2, 0.25) is 0 Å². The fraction of sp³-hybridized carbons (Fsp3) is 0.231. The number of nitrogens with one attached hydrogen (secondary N) is 1. The molecule has 2 nitrogen and oxygen atoms in total. The molecule has 1 atom stereocenters. The van der Waals surface area contributed by atoms with Crippen molar-refractivity contribution in [2.75, 3.05) is 7.05 Å². The van der Waals surface area contributed by atoms with E-state index in [2.05, 4.69) is 5.32 Å². The Balaban J connectivity index is 2.45. The van der Waals surface area contributed by atoms with Gasteiger partial charge in [0.05, 0.1) is 17.9 Å². The van der Waals surface area contributed by atoms with Crippen molar-refractivity contribution in [3.63, 3.8) is 0 Å². The number of hydrogen-bond donors (Lipinski definition) is 1. The van der Waals surface area contributed by atoms with Crippen LogP contribution in [0, 0.1) is 5.82 Å². The first-order valence-corrected chi connectivity index (χ1v) is 5.51. The monoisotopic (exact) mass is 273 g/mol. The first kappa shape index (κ1) is 13.6. The zero-order chi connectivity index (χ0) is 14.0. The largest absolute Gasteiger partial charge is 0.467 e. The topological polar surface area (TPSA) is 25.2 Å². The van der Waals surface area contributed by atoms with Gasteiger partial charge in [-0.3, -0.25) is 0 Å². The molecular weight excluding hydrogens is 262 g/mol. The summed E-state index contributed by atoms with van der Waals surface area (Å²) in [6.45, 7) is 0. The SMILES string of the molecule is CNC(c1ccc(F)c(C(F)(F)F)c1)c1ccco1. The molecule has 6 heteroatoms. The molecule has 0 aliphatic heterocycles. The molecule has 0 bridgehead atoms. The van der Waals surface area contributed by atoms with E-state index in [1.807, 2.05) is 0 Å². The number of furan rings is 1. The number of hydrogen-bond acceptors (Lipinski definition) is 2. The molecule has 19 heavy (non-hydrogen) atoms. The van der Waals surface area contributed by atoms with Crippen LogP contribution in [0.4, 0.5) is 17.6 Å². The van der Waals surface area contributed by atoms with Crippen molar-refractivity contribution in [3.8, 4) is 0 Å². The van der Waals surface area contributed by atoms with Gasteiger partial charge in [0.2, 0.25) is 0 Å². The van der Waals surface area contributed by atoms with Gasteiger partial charge in [0.25, 0.3) is 0 Å². The molecule has 102 valence electrons. The van der Waals surface area contributed by atoms with Crippen LogP contribution in [-0.2, 0) is 6.18 Å². The van der Waals surface area contributed by atoms with Crippen LogP contribution in [0.3, 0.4) is 0 Å². The van der Waals surface area contributed by atoms with E-state index in [-0.39, 0.29) is 5.56 Å². The summed E-state index contributed by atoms with van der Waals surface area (Å²) >= 11 is 0. The lowest BCUT2D eigenvalue weighted by Gasteiger charge is -2.16. The number of halogens is 4. The van der Waals surface area contributed by atoms with Crippen molar-refractivity contribution in [1.82, 2.24) is 5.32 Å². The number of alkyl halides is 3. The molecule has 1 aromatic heterocycles. The van der Waals surface area contributed by atoms with Crippen molar-refractivity contribution in [2.45, 2.75) is 12.2 Å². The Hall–Kier alpha value is -1.82. The van der Waals surface area contributed by atoms with Crippen molar-refractivity contribution < 1.29 is 22.0 Å². The van der Waals surface area contributed by atoms with Crippen molar-refractivity contribution in [2.24, 2.45) is 0 Å². The molecule has 1 heterocycles. The van der Waals surface area contributed by atoms with E-state index in [0.717, 1.165) is 12.1 Å². The molecule has 0 aliphatic rings. The highest BCUT2D eigenvalue weighted by Gasteiger charge is 2.34. The zero-order valence-electron chi connectivity index (χ0n) is 9.96. The molecule has 0 aliphatic carbocycles. The Labute approximate surface area is 107 Å². The maximum absolute atomic E-state index is 13.2. The summed E-state index contributed by atoms with van der Waals surface area (Å²) in [4.78, 5) is 0. The number of benzene rings is 1. The third kappa shape index (κ3) is 2.78. The standard InChI is InChI=1S/C13H11F4NO/c1-18-12(11-3-2-6-19-11)8-4-5-10(14)9(7-8)13(15,16)17/h2-7,12,18H,1H3. The molecule has 0 saturated heterocycles. The summed E-state index contributed by atoms with van der Waals surface area (Å²) in [5, 5.41) is 2.84. The molecule has 2 rings (SSSR count). The third-order valence-electron chi connectivity index (χ3n) is 2.75. The second-order valence-electron chi connectivity index (χ2n) is 3.97. The van der Waals surface area contributed by atoms with Crippen LogP contribution in [0.5, 0.6) is 0 Å². The lowest BCUT2D eigenvalue weighted by atomic mass is 10.0. The minimum absolute atomic E-state index is 0.283. The van der Waals surface area contributed by atoms with Crippen LogP contribution in [0.25, 0.3) is 0 Å². The summed E-state index contributed by atoms with van der Waals surface area (Å²) in [7, 11) is 1.59. The highest BCUT2D eigenvalue weighted by Crippen LogP contribution is 2.34. The van der Waals surface area contributed by atoms with Crippen LogP contribution in [0.1, 0.15) is 22.9 Å². The zero-order valence-corrected chi connectivity index (χ0v) is 9.96. The second kappa shape index (κ2) is 5.05.